The molecule has 21 heavy (non-hydrogen) atoms. The Bertz CT molecular complexity index is 847. The lowest BCUT2D eigenvalue weighted by atomic mass is 10.2. The molecule has 0 radical (unpaired) electrons. The van der Waals surface area contributed by atoms with Crippen molar-refractivity contribution >= 4 is 44.7 Å². The van der Waals surface area contributed by atoms with Crippen LogP contribution in [-0.2, 0) is 0 Å². The predicted octanol–water partition coefficient (Wildman–Crippen LogP) is 4.17. The van der Waals surface area contributed by atoms with Crippen LogP contribution in [0.4, 0.5) is 16.1 Å². The molecular formula is C14H8BrFN2O3. The molecular weight excluding hydrogens is 343 g/mol. The number of carboxylic acid groups (broad SMARTS) is 1. The van der Waals surface area contributed by atoms with Crippen molar-refractivity contribution in [1.82, 2.24) is 4.98 Å². The van der Waals surface area contributed by atoms with Crippen LogP contribution in [0.15, 0.2) is 45.3 Å². The van der Waals surface area contributed by atoms with Gasteiger partial charge in [0, 0.05) is 4.47 Å². The average molecular weight is 351 g/mol. The third-order valence-electron chi connectivity index (χ3n) is 2.81. The maximum absolute atomic E-state index is 13.0. The van der Waals surface area contributed by atoms with E-state index in [9.17, 15) is 9.18 Å². The summed E-state index contributed by atoms with van der Waals surface area (Å²) in [5.74, 6) is -1.40. The minimum atomic E-state index is -1.04. The van der Waals surface area contributed by atoms with Crippen molar-refractivity contribution in [2.75, 3.05) is 5.32 Å². The number of aromatic nitrogens is 1. The SMILES string of the molecule is O=C(O)c1ccc2nc(Nc3ccc(F)cc3Br)oc2c1. The first-order valence-corrected chi connectivity index (χ1v) is 6.68. The van der Waals surface area contributed by atoms with Crippen molar-refractivity contribution < 1.29 is 18.7 Å². The van der Waals surface area contributed by atoms with Crippen LogP contribution in [0.3, 0.4) is 0 Å². The summed E-state index contributed by atoms with van der Waals surface area (Å²) in [6.07, 6.45) is 0. The Kier molecular flexibility index (Phi) is 3.34. The number of hydrogen-bond acceptors (Lipinski definition) is 4. The van der Waals surface area contributed by atoms with Gasteiger partial charge in [0.25, 0.3) is 6.01 Å². The third-order valence-corrected chi connectivity index (χ3v) is 3.46. The van der Waals surface area contributed by atoms with Gasteiger partial charge in [0.2, 0.25) is 0 Å². The summed E-state index contributed by atoms with van der Waals surface area (Å²) in [5.41, 5.74) is 1.59. The van der Waals surface area contributed by atoms with E-state index in [0.29, 0.717) is 21.3 Å². The Labute approximate surface area is 126 Å². The number of benzene rings is 2. The van der Waals surface area contributed by atoms with Crippen LogP contribution < -0.4 is 5.32 Å². The van der Waals surface area contributed by atoms with E-state index in [2.05, 4.69) is 26.2 Å². The molecule has 1 aromatic heterocycles. The predicted molar refractivity (Wildman–Crippen MR) is 78.4 cm³/mol. The fraction of sp³-hybridized carbons (Fsp3) is 0. The van der Waals surface area contributed by atoms with E-state index in [1.54, 1.807) is 6.07 Å². The van der Waals surface area contributed by atoms with Gasteiger partial charge in [0.15, 0.2) is 5.58 Å². The van der Waals surface area contributed by atoms with E-state index in [1.165, 1.54) is 30.3 Å². The molecule has 0 atom stereocenters. The summed E-state index contributed by atoms with van der Waals surface area (Å²) in [4.78, 5) is 15.1. The highest BCUT2D eigenvalue weighted by molar-refractivity contribution is 9.10. The number of carboxylic acids is 1. The van der Waals surface area contributed by atoms with Gasteiger partial charge in [-0.2, -0.15) is 4.98 Å². The summed E-state index contributed by atoms with van der Waals surface area (Å²) in [5, 5.41) is 11.8. The highest BCUT2D eigenvalue weighted by atomic mass is 79.9. The normalized spacial score (nSPS) is 10.8. The molecule has 0 saturated heterocycles. The molecule has 0 aliphatic heterocycles. The maximum Gasteiger partial charge on any atom is 0.335 e. The van der Waals surface area contributed by atoms with Gasteiger partial charge in [-0.25, -0.2) is 9.18 Å². The molecule has 0 aliphatic carbocycles. The van der Waals surface area contributed by atoms with Crippen LogP contribution in [0.2, 0.25) is 0 Å². The summed E-state index contributed by atoms with van der Waals surface area (Å²) < 4.78 is 19.0. The van der Waals surface area contributed by atoms with Gasteiger partial charge >= 0.3 is 5.97 Å². The molecule has 106 valence electrons. The van der Waals surface area contributed by atoms with E-state index in [1.807, 2.05) is 0 Å². The first kappa shape index (κ1) is 13.6. The van der Waals surface area contributed by atoms with Crippen molar-refractivity contribution in [2.24, 2.45) is 0 Å². The number of hydrogen-bond donors (Lipinski definition) is 2. The third kappa shape index (κ3) is 2.73. The molecule has 0 spiro atoms. The van der Waals surface area contributed by atoms with Gasteiger partial charge < -0.3 is 14.8 Å². The topological polar surface area (TPSA) is 75.4 Å². The minimum Gasteiger partial charge on any atom is -0.478 e. The molecule has 2 N–H and O–H groups in total. The second-order valence-corrected chi connectivity index (χ2v) is 5.11. The van der Waals surface area contributed by atoms with Crippen LogP contribution in [0.5, 0.6) is 0 Å². The minimum absolute atomic E-state index is 0.119. The zero-order valence-electron chi connectivity index (χ0n) is 10.4. The Morgan fingerprint density at radius 3 is 2.81 bits per heavy atom. The lowest BCUT2D eigenvalue weighted by Gasteiger charge is -2.03. The van der Waals surface area contributed by atoms with Crippen LogP contribution in [0.1, 0.15) is 10.4 Å². The largest absolute Gasteiger partial charge is 0.478 e. The fourth-order valence-electron chi connectivity index (χ4n) is 1.82. The van der Waals surface area contributed by atoms with E-state index < -0.39 is 5.97 Å². The fourth-order valence-corrected chi connectivity index (χ4v) is 2.27. The number of carbonyl (C=O) groups is 1. The summed E-state index contributed by atoms with van der Waals surface area (Å²) in [7, 11) is 0. The molecule has 1 heterocycles. The summed E-state index contributed by atoms with van der Waals surface area (Å²) >= 11 is 3.23. The van der Waals surface area contributed by atoms with Gasteiger partial charge in [-0.1, -0.05) is 0 Å². The zero-order chi connectivity index (χ0) is 15.0. The number of nitrogens with one attached hydrogen (secondary N) is 1. The van der Waals surface area contributed by atoms with Crippen LogP contribution >= 0.6 is 15.9 Å². The monoisotopic (exact) mass is 350 g/mol. The quantitative estimate of drug-likeness (QED) is 0.741. The van der Waals surface area contributed by atoms with Gasteiger partial charge in [0.05, 0.1) is 11.3 Å². The van der Waals surface area contributed by atoms with Crippen molar-refractivity contribution in [1.29, 1.82) is 0 Å². The Morgan fingerprint density at radius 2 is 2.10 bits per heavy atom. The van der Waals surface area contributed by atoms with Crippen molar-refractivity contribution in [2.45, 2.75) is 0 Å². The van der Waals surface area contributed by atoms with E-state index >= 15 is 0 Å². The second kappa shape index (κ2) is 5.17. The molecule has 0 bridgehead atoms. The van der Waals surface area contributed by atoms with Crippen molar-refractivity contribution in [3.05, 3.63) is 52.3 Å². The van der Waals surface area contributed by atoms with Gasteiger partial charge in [-0.3, -0.25) is 0 Å². The first-order chi connectivity index (χ1) is 10.0. The number of anilines is 2. The second-order valence-electron chi connectivity index (χ2n) is 4.26. The number of halogens is 2. The number of rotatable bonds is 3. The Balaban J connectivity index is 1.95. The summed E-state index contributed by atoms with van der Waals surface area (Å²) in [6, 6.07) is 8.76. The van der Waals surface area contributed by atoms with Gasteiger partial charge in [-0.15, -0.1) is 0 Å². The molecule has 0 unspecified atom stereocenters. The molecule has 3 rings (SSSR count). The number of oxazole rings is 1. The molecule has 5 nitrogen and oxygen atoms in total. The standard InChI is InChI=1S/C14H8BrFN2O3/c15-9-6-8(16)2-4-10(9)17-14-18-11-3-1-7(13(19)20)5-12(11)21-14/h1-6H,(H,17,18)(H,19,20). The lowest BCUT2D eigenvalue weighted by molar-refractivity contribution is 0.0697. The van der Waals surface area contributed by atoms with Gasteiger partial charge in [0.1, 0.15) is 11.3 Å². The molecule has 0 aliphatic rings. The van der Waals surface area contributed by atoms with Crippen molar-refractivity contribution in [3.8, 4) is 0 Å². The molecule has 0 saturated carbocycles. The first-order valence-electron chi connectivity index (χ1n) is 5.89. The Hall–Kier alpha value is -2.41. The lowest BCUT2D eigenvalue weighted by Crippen LogP contribution is -1.94. The van der Waals surface area contributed by atoms with Crippen LogP contribution in [0.25, 0.3) is 11.1 Å². The molecule has 7 heteroatoms. The highest BCUT2D eigenvalue weighted by Gasteiger charge is 2.11. The van der Waals surface area contributed by atoms with Crippen LogP contribution in [0, 0.1) is 5.82 Å². The molecule has 0 amide bonds. The van der Waals surface area contributed by atoms with E-state index in [-0.39, 0.29) is 17.4 Å². The average Bonchev–Trinajstić information content (AvgIpc) is 2.83. The molecule has 3 aromatic rings. The number of aromatic carboxylic acids is 1. The highest BCUT2D eigenvalue weighted by Crippen LogP contribution is 2.28. The smallest absolute Gasteiger partial charge is 0.335 e. The van der Waals surface area contributed by atoms with E-state index in [0.717, 1.165) is 0 Å². The maximum atomic E-state index is 13.0. The molecule has 2 aromatic carbocycles. The molecule has 0 fully saturated rings. The van der Waals surface area contributed by atoms with Gasteiger partial charge in [-0.05, 0) is 52.3 Å². The Morgan fingerprint density at radius 1 is 1.29 bits per heavy atom. The zero-order valence-corrected chi connectivity index (χ0v) is 12.0. The number of fused-ring (bicyclic) bond motifs is 1. The number of nitrogens with zero attached hydrogens (tertiary/aromatic N) is 1. The van der Waals surface area contributed by atoms with E-state index in [4.69, 9.17) is 9.52 Å². The van der Waals surface area contributed by atoms with Crippen molar-refractivity contribution in [3.63, 3.8) is 0 Å². The van der Waals surface area contributed by atoms with Crippen LogP contribution in [-0.4, -0.2) is 16.1 Å². The summed E-state index contributed by atoms with van der Waals surface area (Å²) in [6.45, 7) is 0.